The number of nitrogens with zero attached hydrogens (tertiary/aromatic N) is 2. The monoisotopic (exact) mass is 285 g/mol. The van der Waals surface area contributed by atoms with Gasteiger partial charge in [-0.05, 0) is 36.6 Å². The Kier molecular flexibility index (Phi) is 3.99. The van der Waals surface area contributed by atoms with Crippen molar-refractivity contribution in [2.45, 2.75) is 32.1 Å². The van der Waals surface area contributed by atoms with Crippen molar-refractivity contribution in [2.75, 3.05) is 11.9 Å². The minimum atomic E-state index is -0.318. The SMILES string of the molecule is O=[N+]([O-])c1c(NCCC2CCCC2)ccc2ncccc12. The molecule has 0 atom stereocenters. The zero-order chi connectivity index (χ0) is 14.7. The average Bonchev–Trinajstić information content (AvgIpc) is 3.00. The molecule has 0 spiro atoms. The van der Waals surface area contributed by atoms with Crippen molar-refractivity contribution in [3.05, 3.63) is 40.6 Å². The van der Waals surface area contributed by atoms with E-state index in [1.54, 1.807) is 24.4 Å². The Hall–Kier alpha value is -2.17. The number of nitro groups is 1. The Labute approximate surface area is 123 Å². The number of hydrogen-bond acceptors (Lipinski definition) is 4. The first-order chi connectivity index (χ1) is 10.3. The first kappa shape index (κ1) is 13.8. The lowest BCUT2D eigenvalue weighted by Gasteiger charge is -2.11. The van der Waals surface area contributed by atoms with Crippen LogP contribution in [0.15, 0.2) is 30.5 Å². The van der Waals surface area contributed by atoms with Gasteiger partial charge in [-0.3, -0.25) is 15.1 Å². The van der Waals surface area contributed by atoms with Gasteiger partial charge < -0.3 is 5.32 Å². The molecule has 0 unspecified atom stereocenters. The topological polar surface area (TPSA) is 68.1 Å². The number of aromatic nitrogens is 1. The minimum Gasteiger partial charge on any atom is -0.379 e. The van der Waals surface area contributed by atoms with Gasteiger partial charge in [0.05, 0.1) is 15.8 Å². The molecule has 1 fully saturated rings. The van der Waals surface area contributed by atoms with Crippen molar-refractivity contribution in [2.24, 2.45) is 5.92 Å². The molecule has 3 rings (SSSR count). The molecule has 1 heterocycles. The molecule has 110 valence electrons. The van der Waals surface area contributed by atoms with Gasteiger partial charge >= 0.3 is 5.69 Å². The number of fused-ring (bicyclic) bond motifs is 1. The zero-order valence-electron chi connectivity index (χ0n) is 11.9. The van der Waals surface area contributed by atoms with Crippen LogP contribution >= 0.6 is 0 Å². The molecule has 5 nitrogen and oxygen atoms in total. The smallest absolute Gasteiger partial charge is 0.301 e. The second-order valence-corrected chi connectivity index (χ2v) is 5.65. The molecular formula is C16H19N3O2. The predicted octanol–water partition coefficient (Wildman–Crippen LogP) is 4.14. The molecule has 1 aliphatic rings. The number of benzene rings is 1. The second-order valence-electron chi connectivity index (χ2n) is 5.65. The molecule has 0 aliphatic heterocycles. The minimum absolute atomic E-state index is 0.132. The summed E-state index contributed by atoms with van der Waals surface area (Å²) in [5.74, 6) is 0.777. The van der Waals surface area contributed by atoms with Gasteiger partial charge in [0.1, 0.15) is 5.69 Å². The molecule has 0 amide bonds. The molecule has 1 saturated carbocycles. The van der Waals surface area contributed by atoms with E-state index in [-0.39, 0.29) is 10.6 Å². The van der Waals surface area contributed by atoms with Crippen LogP contribution in [-0.2, 0) is 0 Å². The Bertz CT molecular complexity index is 651. The van der Waals surface area contributed by atoms with Crippen molar-refractivity contribution >= 4 is 22.3 Å². The summed E-state index contributed by atoms with van der Waals surface area (Å²) in [5.41, 5.74) is 1.39. The van der Waals surface area contributed by atoms with Gasteiger partial charge in [-0.1, -0.05) is 25.7 Å². The van der Waals surface area contributed by atoms with Crippen molar-refractivity contribution in [1.82, 2.24) is 4.98 Å². The van der Waals surface area contributed by atoms with Crippen molar-refractivity contribution in [3.63, 3.8) is 0 Å². The maximum absolute atomic E-state index is 11.4. The highest BCUT2D eigenvalue weighted by molar-refractivity contribution is 5.94. The van der Waals surface area contributed by atoms with Crippen LogP contribution in [0.25, 0.3) is 10.9 Å². The number of hydrogen-bond donors (Lipinski definition) is 1. The number of pyridine rings is 1. The molecule has 0 saturated heterocycles. The average molecular weight is 285 g/mol. The van der Waals surface area contributed by atoms with Gasteiger partial charge in [-0.15, -0.1) is 0 Å². The number of anilines is 1. The highest BCUT2D eigenvalue weighted by atomic mass is 16.6. The summed E-state index contributed by atoms with van der Waals surface area (Å²) >= 11 is 0. The van der Waals surface area contributed by atoms with E-state index in [0.717, 1.165) is 18.9 Å². The Morgan fingerprint density at radius 1 is 1.29 bits per heavy atom. The van der Waals surface area contributed by atoms with Gasteiger partial charge in [-0.2, -0.15) is 0 Å². The lowest BCUT2D eigenvalue weighted by Crippen LogP contribution is -2.08. The third-order valence-electron chi connectivity index (χ3n) is 4.28. The zero-order valence-corrected chi connectivity index (χ0v) is 11.9. The number of nitro benzene ring substituents is 1. The summed E-state index contributed by atoms with van der Waals surface area (Å²) in [7, 11) is 0. The Morgan fingerprint density at radius 3 is 2.86 bits per heavy atom. The fourth-order valence-corrected chi connectivity index (χ4v) is 3.19. The molecule has 1 aromatic heterocycles. The lowest BCUT2D eigenvalue weighted by molar-refractivity contribution is -0.382. The third-order valence-corrected chi connectivity index (χ3v) is 4.28. The maximum atomic E-state index is 11.4. The van der Waals surface area contributed by atoms with Crippen LogP contribution in [0.3, 0.4) is 0 Å². The normalized spacial score (nSPS) is 15.4. The summed E-state index contributed by atoms with van der Waals surface area (Å²) in [6.07, 6.45) is 7.98. The summed E-state index contributed by atoms with van der Waals surface area (Å²) in [4.78, 5) is 15.3. The van der Waals surface area contributed by atoms with Crippen molar-refractivity contribution in [1.29, 1.82) is 0 Å². The Morgan fingerprint density at radius 2 is 2.10 bits per heavy atom. The number of nitrogens with one attached hydrogen (secondary N) is 1. The molecule has 0 radical (unpaired) electrons. The van der Waals surface area contributed by atoms with E-state index in [1.165, 1.54) is 25.7 Å². The molecule has 21 heavy (non-hydrogen) atoms. The Balaban J connectivity index is 1.80. The standard InChI is InChI=1S/C16H19N3O2/c20-19(21)16-13-6-3-10-17-14(13)7-8-15(16)18-11-9-12-4-1-2-5-12/h3,6-8,10,12,18H,1-2,4-5,9,11H2. The molecule has 1 N–H and O–H groups in total. The molecule has 1 aliphatic carbocycles. The van der Waals surface area contributed by atoms with E-state index in [1.807, 2.05) is 6.07 Å². The van der Waals surface area contributed by atoms with Crippen molar-refractivity contribution < 1.29 is 4.92 Å². The summed E-state index contributed by atoms with van der Waals surface area (Å²) in [5, 5.41) is 15.2. The third kappa shape index (κ3) is 2.96. The highest BCUT2D eigenvalue weighted by Crippen LogP contribution is 2.33. The van der Waals surface area contributed by atoms with Crippen LogP contribution in [0.5, 0.6) is 0 Å². The van der Waals surface area contributed by atoms with Gasteiger partial charge in [-0.25, -0.2) is 0 Å². The van der Waals surface area contributed by atoms with Crippen LogP contribution in [-0.4, -0.2) is 16.5 Å². The largest absolute Gasteiger partial charge is 0.379 e. The molecule has 5 heteroatoms. The molecule has 0 bridgehead atoms. The fraction of sp³-hybridized carbons (Fsp3) is 0.438. The van der Waals surface area contributed by atoms with E-state index < -0.39 is 0 Å². The van der Waals surface area contributed by atoms with E-state index in [4.69, 9.17) is 0 Å². The van der Waals surface area contributed by atoms with Crippen LogP contribution in [0, 0.1) is 16.0 Å². The van der Waals surface area contributed by atoms with Crippen LogP contribution in [0.4, 0.5) is 11.4 Å². The van der Waals surface area contributed by atoms with E-state index in [9.17, 15) is 10.1 Å². The fourth-order valence-electron chi connectivity index (χ4n) is 3.19. The lowest BCUT2D eigenvalue weighted by atomic mass is 10.0. The van der Waals surface area contributed by atoms with Gasteiger partial charge in [0.2, 0.25) is 0 Å². The summed E-state index contributed by atoms with van der Waals surface area (Å²) in [6.45, 7) is 0.789. The summed E-state index contributed by atoms with van der Waals surface area (Å²) < 4.78 is 0. The highest BCUT2D eigenvalue weighted by Gasteiger charge is 2.19. The molecular weight excluding hydrogens is 266 g/mol. The quantitative estimate of drug-likeness (QED) is 0.662. The van der Waals surface area contributed by atoms with Gasteiger partial charge in [0, 0.05) is 12.7 Å². The first-order valence-corrected chi connectivity index (χ1v) is 7.51. The van der Waals surface area contributed by atoms with Crippen molar-refractivity contribution in [3.8, 4) is 0 Å². The van der Waals surface area contributed by atoms with Crippen LogP contribution in [0.1, 0.15) is 32.1 Å². The van der Waals surface area contributed by atoms with E-state index in [2.05, 4.69) is 10.3 Å². The number of rotatable bonds is 5. The van der Waals surface area contributed by atoms with Gasteiger partial charge in [0.15, 0.2) is 0 Å². The van der Waals surface area contributed by atoms with E-state index in [0.29, 0.717) is 16.6 Å². The molecule has 1 aromatic carbocycles. The van der Waals surface area contributed by atoms with Gasteiger partial charge in [0.25, 0.3) is 0 Å². The first-order valence-electron chi connectivity index (χ1n) is 7.51. The molecule has 2 aromatic rings. The van der Waals surface area contributed by atoms with Crippen LogP contribution < -0.4 is 5.32 Å². The maximum Gasteiger partial charge on any atom is 0.301 e. The second kappa shape index (κ2) is 6.08. The predicted molar refractivity (Wildman–Crippen MR) is 83.5 cm³/mol. The summed E-state index contributed by atoms with van der Waals surface area (Å²) in [6, 6.07) is 7.09. The van der Waals surface area contributed by atoms with Crippen LogP contribution in [0.2, 0.25) is 0 Å². The van der Waals surface area contributed by atoms with E-state index >= 15 is 0 Å².